The van der Waals surface area contributed by atoms with E-state index in [2.05, 4.69) is 9.98 Å². The van der Waals surface area contributed by atoms with Crippen molar-refractivity contribution in [1.29, 1.82) is 0 Å². The van der Waals surface area contributed by atoms with Gasteiger partial charge in [0.15, 0.2) is 0 Å². The molecule has 1 aliphatic carbocycles. The molecule has 1 aliphatic heterocycles. The number of carbonyl (C=O) groups excluding carboxylic acids is 1. The molecule has 0 N–H and O–H groups in total. The lowest BCUT2D eigenvalue weighted by Crippen LogP contribution is -2.23. The van der Waals surface area contributed by atoms with Crippen molar-refractivity contribution < 1.29 is 4.79 Å². The zero-order valence-electron chi connectivity index (χ0n) is 7.77. The molecule has 0 saturated carbocycles. The van der Waals surface area contributed by atoms with Gasteiger partial charge in [0.25, 0.3) is 5.91 Å². The minimum absolute atomic E-state index is 0.129. The number of rotatable bonds is 0. The number of nitrogens with zero attached hydrogens (tertiary/aromatic N) is 2. The van der Waals surface area contributed by atoms with Crippen molar-refractivity contribution in [3.63, 3.8) is 0 Å². The molecule has 1 amide bonds. The van der Waals surface area contributed by atoms with Gasteiger partial charge in [0.05, 0.1) is 5.71 Å². The maximum atomic E-state index is 11.1. The summed E-state index contributed by atoms with van der Waals surface area (Å²) in [5, 5.41) is 0. The van der Waals surface area contributed by atoms with Gasteiger partial charge in [-0.05, 0) is 6.08 Å². The SMILES string of the molecule is CC.O=C1N=CN=C2C=CC=CC12. The first-order valence-electron chi connectivity index (χ1n) is 4.37. The highest BCUT2D eigenvalue weighted by Gasteiger charge is 2.22. The Balaban J connectivity index is 0.000000396. The number of hydrogen-bond acceptors (Lipinski definition) is 2. The Morgan fingerprint density at radius 2 is 2.08 bits per heavy atom. The van der Waals surface area contributed by atoms with Crippen LogP contribution >= 0.6 is 0 Å². The fourth-order valence-corrected chi connectivity index (χ4v) is 1.10. The lowest BCUT2D eigenvalue weighted by atomic mass is 9.97. The summed E-state index contributed by atoms with van der Waals surface area (Å²) < 4.78 is 0. The van der Waals surface area contributed by atoms with Crippen molar-refractivity contribution in [2.45, 2.75) is 13.8 Å². The summed E-state index contributed by atoms with van der Waals surface area (Å²) in [6, 6.07) is 0. The highest BCUT2D eigenvalue weighted by molar-refractivity contribution is 6.18. The predicted molar refractivity (Wildman–Crippen MR) is 54.1 cm³/mol. The van der Waals surface area contributed by atoms with E-state index >= 15 is 0 Å². The molecule has 68 valence electrons. The molecule has 1 heterocycles. The molecule has 13 heavy (non-hydrogen) atoms. The molecule has 0 spiro atoms. The van der Waals surface area contributed by atoms with Crippen LogP contribution in [0.3, 0.4) is 0 Å². The van der Waals surface area contributed by atoms with Crippen LogP contribution in [0.1, 0.15) is 13.8 Å². The predicted octanol–water partition coefficient (Wildman–Crippen LogP) is 1.76. The summed E-state index contributed by atoms with van der Waals surface area (Å²) in [4.78, 5) is 18.6. The third-order valence-corrected chi connectivity index (χ3v) is 1.66. The molecule has 0 bridgehead atoms. The summed E-state index contributed by atoms with van der Waals surface area (Å²) >= 11 is 0. The van der Waals surface area contributed by atoms with E-state index in [9.17, 15) is 4.79 Å². The molecule has 0 aromatic carbocycles. The molecular formula is C10H12N2O. The Hall–Kier alpha value is -1.51. The minimum Gasteiger partial charge on any atom is -0.271 e. The molecule has 0 fully saturated rings. The van der Waals surface area contributed by atoms with Gasteiger partial charge < -0.3 is 0 Å². The first-order valence-corrected chi connectivity index (χ1v) is 4.37. The maximum absolute atomic E-state index is 11.1. The van der Waals surface area contributed by atoms with Gasteiger partial charge in [-0.25, -0.2) is 9.98 Å². The number of hydrogen-bond donors (Lipinski definition) is 0. The van der Waals surface area contributed by atoms with Gasteiger partial charge in [-0.2, -0.15) is 0 Å². The number of allylic oxidation sites excluding steroid dienone is 3. The van der Waals surface area contributed by atoms with E-state index in [0.717, 1.165) is 5.71 Å². The van der Waals surface area contributed by atoms with E-state index in [1.807, 2.05) is 32.1 Å². The third kappa shape index (κ3) is 1.99. The number of carbonyl (C=O) groups is 1. The molecule has 0 aromatic heterocycles. The summed E-state index contributed by atoms with van der Waals surface area (Å²) in [6.45, 7) is 4.00. The first kappa shape index (κ1) is 9.58. The maximum Gasteiger partial charge on any atom is 0.260 e. The van der Waals surface area contributed by atoms with E-state index in [1.54, 1.807) is 6.08 Å². The average Bonchev–Trinajstić information content (AvgIpc) is 2.22. The highest BCUT2D eigenvalue weighted by atomic mass is 16.1. The molecule has 0 saturated heterocycles. The van der Waals surface area contributed by atoms with E-state index < -0.39 is 0 Å². The van der Waals surface area contributed by atoms with Crippen molar-refractivity contribution >= 4 is 18.0 Å². The van der Waals surface area contributed by atoms with Crippen LogP contribution in [0.4, 0.5) is 0 Å². The second-order valence-electron chi connectivity index (χ2n) is 2.36. The van der Waals surface area contributed by atoms with E-state index in [0.29, 0.717) is 0 Å². The van der Waals surface area contributed by atoms with Crippen molar-refractivity contribution in [3.8, 4) is 0 Å². The number of aliphatic imine (C=N–C) groups is 2. The third-order valence-electron chi connectivity index (χ3n) is 1.66. The first-order chi connectivity index (χ1) is 6.38. The molecular weight excluding hydrogens is 164 g/mol. The van der Waals surface area contributed by atoms with Crippen LogP contribution in [0.15, 0.2) is 34.3 Å². The average molecular weight is 176 g/mol. The van der Waals surface area contributed by atoms with Gasteiger partial charge in [0.2, 0.25) is 0 Å². The van der Waals surface area contributed by atoms with E-state index in [-0.39, 0.29) is 11.8 Å². The highest BCUT2D eigenvalue weighted by Crippen LogP contribution is 2.13. The zero-order valence-corrected chi connectivity index (χ0v) is 7.77. The normalized spacial score (nSPS) is 23.1. The summed E-state index contributed by atoms with van der Waals surface area (Å²) in [5.74, 6) is -0.361. The Labute approximate surface area is 77.6 Å². The molecule has 2 aliphatic rings. The largest absolute Gasteiger partial charge is 0.271 e. The summed E-state index contributed by atoms with van der Waals surface area (Å²) in [7, 11) is 0. The summed E-state index contributed by atoms with van der Waals surface area (Å²) in [5.41, 5.74) is 0.785. The van der Waals surface area contributed by atoms with Crippen LogP contribution in [0.25, 0.3) is 0 Å². The smallest absolute Gasteiger partial charge is 0.260 e. The van der Waals surface area contributed by atoms with Gasteiger partial charge in [-0.15, -0.1) is 0 Å². The van der Waals surface area contributed by atoms with Crippen LogP contribution in [0.5, 0.6) is 0 Å². The van der Waals surface area contributed by atoms with Crippen LogP contribution in [-0.2, 0) is 4.79 Å². The second-order valence-corrected chi connectivity index (χ2v) is 2.36. The van der Waals surface area contributed by atoms with Gasteiger partial charge in [-0.1, -0.05) is 32.1 Å². The van der Waals surface area contributed by atoms with Crippen molar-refractivity contribution in [2.75, 3.05) is 0 Å². The molecule has 0 radical (unpaired) electrons. The van der Waals surface area contributed by atoms with Crippen LogP contribution < -0.4 is 0 Å². The minimum atomic E-state index is -0.231. The van der Waals surface area contributed by atoms with Gasteiger partial charge >= 0.3 is 0 Å². The molecule has 1 unspecified atom stereocenters. The lowest BCUT2D eigenvalue weighted by Gasteiger charge is -2.13. The number of amides is 1. The van der Waals surface area contributed by atoms with Gasteiger partial charge in [-0.3, -0.25) is 4.79 Å². The quantitative estimate of drug-likeness (QED) is 0.554. The molecule has 2 rings (SSSR count). The monoisotopic (exact) mass is 176 g/mol. The van der Waals surface area contributed by atoms with E-state index in [4.69, 9.17) is 0 Å². The molecule has 1 atom stereocenters. The fraction of sp³-hybridized carbons (Fsp3) is 0.300. The molecule has 0 aromatic rings. The van der Waals surface area contributed by atoms with Crippen molar-refractivity contribution in [1.82, 2.24) is 0 Å². The van der Waals surface area contributed by atoms with Crippen LogP contribution in [-0.4, -0.2) is 18.0 Å². The Morgan fingerprint density at radius 3 is 2.77 bits per heavy atom. The van der Waals surface area contributed by atoms with Crippen LogP contribution in [0, 0.1) is 5.92 Å². The Morgan fingerprint density at radius 1 is 1.31 bits per heavy atom. The van der Waals surface area contributed by atoms with Crippen molar-refractivity contribution in [2.24, 2.45) is 15.9 Å². The lowest BCUT2D eigenvalue weighted by molar-refractivity contribution is -0.118. The fourth-order valence-electron chi connectivity index (χ4n) is 1.10. The standard InChI is InChI=1S/C8H6N2O.C2H6/c11-8-6-3-1-2-4-7(6)9-5-10-8;1-2/h1-6H;1-2H3. The number of fused-ring (bicyclic) bond motifs is 1. The van der Waals surface area contributed by atoms with Gasteiger partial charge in [0.1, 0.15) is 12.3 Å². The molecule has 3 nitrogen and oxygen atoms in total. The van der Waals surface area contributed by atoms with Crippen molar-refractivity contribution in [3.05, 3.63) is 24.3 Å². The Kier molecular flexibility index (Phi) is 3.31. The topological polar surface area (TPSA) is 41.8 Å². The van der Waals surface area contributed by atoms with Gasteiger partial charge in [0, 0.05) is 0 Å². The van der Waals surface area contributed by atoms with E-state index in [1.165, 1.54) is 6.34 Å². The Bertz CT molecular complexity index is 311. The van der Waals surface area contributed by atoms with Crippen LogP contribution in [0.2, 0.25) is 0 Å². The second kappa shape index (κ2) is 4.50. The zero-order chi connectivity index (χ0) is 9.68. The summed E-state index contributed by atoms with van der Waals surface area (Å²) in [6.07, 6.45) is 8.63. The molecule has 3 heteroatoms.